The van der Waals surface area contributed by atoms with Crippen molar-refractivity contribution in [3.05, 3.63) is 17.2 Å². The van der Waals surface area contributed by atoms with Gasteiger partial charge in [-0.2, -0.15) is 5.10 Å². The number of hydrogen-bond acceptors (Lipinski definition) is 5. The van der Waals surface area contributed by atoms with Crippen molar-refractivity contribution in [1.82, 2.24) is 19.7 Å². The first-order chi connectivity index (χ1) is 6.59. The predicted octanol–water partition coefficient (Wildman–Crippen LogP) is -3.62. The molecule has 0 fully saturated rings. The molecule has 0 aliphatic heterocycles. The fourth-order valence-electron chi connectivity index (χ4n) is 1.15. The van der Waals surface area contributed by atoms with Crippen molar-refractivity contribution in [3.63, 3.8) is 0 Å². The number of carboxylic acids is 1. The number of carbonyl (C=O) groups excluding carboxylic acids is 1. The van der Waals surface area contributed by atoms with Crippen LogP contribution in [-0.2, 0) is 7.05 Å². The molecule has 0 N–H and O–H groups in total. The van der Waals surface area contributed by atoms with Gasteiger partial charge >= 0.3 is 29.6 Å². The molecule has 0 amide bonds. The second-order valence-electron chi connectivity index (χ2n) is 2.63. The second-order valence-corrected chi connectivity index (χ2v) is 2.97. The van der Waals surface area contributed by atoms with Crippen molar-refractivity contribution in [3.8, 4) is 0 Å². The molecule has 0 atom stereocenters. The van der Waals surface area contributed by atoms with E-state index in [0.717, 1.165) is 0 Å². The van der Waals surface area contributed by atoms with E-state index in [1.54, 1.807) is 7.05 Å². The molecule has 2 heterocycles. The Balaban J connectivity index is 0.00000112. The van der Waals surface area contributed by atoms with Gasteiger partial charge < -0.3 is 9.90 Å². The summed E-state index contributed by atoms with van der Waals surface area (Å²) in [6.07, 6.45) is 1.41. The summed E-state index contributed by atoms with van der Waals surface area (Å²) in [5, 5.41) is 14.4. The Morgan fingerprint density at radius 3 is 2.87 bits per heavy atom. The Morgan fingerprint density at radius 2 is 2.27 bits per heavy atom. The summed E-state index contributed by atoms with van der Waals surface area (Å²) < 4.78 is 1.36. The number of halogens is 1. The molecular weight excluding hydrogens is 231 g/mol. The summed E-state index contributed by atoms with van der Waals surface area (Å²) in [5.74, 6) is -1.38. The van der Waals surface area contributed by atoms with E-state index in [-0.39, 0.29) is 46.1 Å². The Hall–Kier alpha value is -0.690. The minimum atomic E-state index is -1.38. The number of aromatic nitrogens is 4. The normalized spacial score (nSPS) is 10.0. The second kappa shape index (κ2) is 4.44. The SMILES string of the molecule is Cn1nc(C(=O)[O-])c2nc(Cl)ncc21.[Na+]. The zero-order valence-corrected chi connectivity index (χ0v) is 10.8. The first kappa shape index (κ1) is 12.4. The quantitative estimate of drug-likeness (QED) is 0.376. The van der Waals surface area contributed by atoms with E-state index in [4.69, 9.17) is 11.6 Å². The van der Waals surface area contributed by atoms with E-state index in [0.29, 0.717) is 5.52 Å². The van der Waals surface area contributed by atoms with Crippen LogP contribution in [0.2, 0.25) is 5.28 Å². The largest absolute Gasteiger partial charge is 1.00 e. The van der Waals surface area contributed by atoms with E-state index in [1.807, 2.05) is 0 Å². The summed E-state index contributed by atoms with van der Waals surface area (Å²) in [4.78, 5) is 18.1. The van der Waals surface area contributed by atoms with Gasteiger partial charge in [-0.3, -0.25) is 4.68 Å². The molecule has 72 valence electrons. The van der Waals surface area contributed by atoms with E-state index >= 15 is 0 Å². The standard InChI is InChI=1S/C7H5ClN4O2.Na/c1-12-3-2-9-7(8)10-4(3)5(11-12)6(13)14;/h2H,1H3,(H,13,14);/q;+1/p-1. The Bertz CT molecular complexity index is 527. The van der Waals surface area contributed by atoms with Crippen LogP contribution in [0.4, 0.5) is 0 Å². The van der Waals surface area contributed by atoms with Gasteiger partial charge in [0.25, 0.3) is 0 Å². The molecule has 0 aromatic carbocycles. The number of rotatable bonds is 1. The number of fused-ring (bicyclic) bond motifs is 1. The molecule has 8 heteroatoms. The van der Waals surface area contributed by atoms with Crippen molar-refractivity contribution in [2.24, 2.45) is 7.05 Å². The molecule has 6 nitrogen and oxygen atoms in total. The average molecular weight is 235 g/mol. The topological polar surface area (TPSA) is 83.7 Å². The van der Waals surface area contributed by atoms with Crippen molar-refractivity contribution < 1.29 is 39.5 Å². The fourth-order valence-corrected chi connectivity index (χ4v) is 1.29. The van der Waals surface area contributed by atoms with Gasteiger partial charge in [-0.15, -0.1) is 0 Å². The minimum Gasteiger partial charge on any atom is -0.543 e. The summed E-state index contributed by atoms with van der Waals surface area (Å²) in [6.45, 7) is 0. The number of aromatic carboxylic acids is 1. The van der Waals surface area contributed by atoms with Crippen molar-refractivity contribution in [1.29, 1.82) is 0 Å². The van der Waals surface area contributed by atoms with Gasteiger partial charge in [0.2, 0.25) is 5.28 Å². The van der Waals surface area contributed by atoms with Crippen LogP contribution in [0.25, 0.3) is 11.0 Å². The molecule has 0 spiro atoms. The third kappa shape index (κ3) is 2.12. The summed E-state index contributed by atoms with van der Waals surface area (Å²) in [6, 6.07) is 0. The van der Waals surface area contributed by atoms with Crippen LogP contribution in [0.1, 0.15) is 10.5 Å². The van der Waals surface area contributed by atoms with Crippen LogP contribution in [-0.4, -0.2) is 25.7 Å². The van der Waals surface area contributed by atoms with E-state index in [1.165, 1.54) is 10.9 Å². The number of nitrogens with zero attached hydrogens (tertiary/aromatic N) is 4. The van der Waals surface area contributed by atoms with Gasteiger partial charge in [0, 0.05) is 7.05 Å². The number of carbonyl (C=O) groups is 1. The van der Waals surface area contributed by atoms with Crippen molar-refractivity contribution in [2.45, 2.75) is 0 Å². The molecular formula is C7H4ClN4NaO2. The van der Waals surface area contributed by atoms with Gasteiger partial charge in [-0.1, -0.05) is 0 Å². The molecule has 0 saturated carbocycles. The Labute approximate surface area is 112 Å². The number of carboxylic acid groups (broad SMARTS) is 1. The average Bonchev–Trinajstić information content (AvgIpc) is 2.43. The molecule has 0 aliphatic rings. The van der Waals surface area contributed by atoms with Crippen LogP contribution in [0.5, 0.6) is 0 Å². The summed E-state index contributed by atoms with van der Waals surface area (Å²) in [7, 11) is 1.59. The maximum atomic E-state index is 10.6. The van der Waals surface area contributed by atoms with E-state index < -0.39 is 5.97 Å². The summed E-state index contributed by atoms with van der Waals surface area (Å²) >= 11 is 5.53. The molecule has 15 heavy (non-hydrogen) atoms. The third-order valence-corrected chi connectivity index (χ3v) is 1.94. The van der Waals surface area contributed by atoms with Gasteiger partial charge in [0.15, 0.2) is 0 Å². The zero-order valence-electron chi connectivity index (χ0n) is 8.06. The van der Waals surface area contributed by atoms with Crippen molar-refractivity contribution in [2.75, 3.05) is 0 Å². The van der Waals surface area contributed by atoms with Crippen LogP contribution in [0.3, 0.4) is 0 Å². The van der Waals surface area contributed by atoms with Crippen LogP contribution in [0, 0.1) is 0 Å². The van der Waals surface area contributed by atoms with Crippen molar-refractivity contribution >= 4 is 28.6 Å². The molecule has 0 saturated heterocycles. The zero-order chi connectivity index (χ0) is 10.3. The van der Waals surface area contributed by atoms with Gasteiger partial charge in [0.1, 0.15) is 16.7 Å². The van der Waals surface area contributed by atoms with Gasteiger partial charge in [-0.25, -0.2) is 9.97 Å². The molecule has 0 aliphatic carbocycles. The van der Waals surface area contributed by atoms with E-state index in [2.05, 4.69) is 15.1 Å². The van der Waals surface area contributed by atoms with E-state index in [9.17, 15) is 9.90 Å². The monoisotopic (exact) mass is 234 g/mol. The van der Waals surface area contributed by atoms with Gasteiger partial charge in [-0.05, 0) is 11.6 Å². The van der Waals surface area contributed by atoms with Gasteiger partial charge in [0.05, 0.1) is 12.2 Å². The molecule has 0 unspecified atom stereocenters. The molecule has 2 aromatic heterocycles. The van der Waals surface area contributed by atoms with Crippen LogP contribution >= 0.6 is 11.6 Å². The fraction of sp³-hybridized carbons (Fsp3) is 0.143. The molecule has 2 rings (SSSR count). The number of aryl methyl sites for hydroxylation is 1. The smallest absolute Gasteiger partial charge is 0.543 e. The summed E-state index contributed by atoms with van der Waals surface area (Å²) in [5.41, 5.74) is 0.452. The first-order valence-corrected chi connectivity index (χ1v) is 4.04. The third-order valence-electron chi connectivity index (χ3n) is 1.76. The molecule has 0 radical (unpaired) electrons. The maximum absolute atomic E-state index is 10.6. The molecule has 2 aromatic rings. The maximum Gasteiger partial charge on any atom is 1.00 e. The predicted molar refractivity (Wildman–Crippen MR) is 45.6 cm³/mol. The molecule has 0 bridgehead atoms. The minimum absolute atomic E-state index is 0. The van der Waals surface area contributed by atoms with Crippen LogP contribution in [0.15, 0.2) is 6.20 Å². The Morgan fingerprint density at radius 1 is 1.60 bits per heavy atom. The Kier molecular flexibility index (Phi) is 3.67. The van der Waals surface area contributed by atoms with Crippen LogP contribution < -0.4 is 34.7 Å². The first-order valence-electron chi connectivity index (χ1n) is 3.66. The number of hydrogen-bond donors (Lipinski definition) is 0.